The topological polar surface area (TPSA) is 55.9 Å². The summed E-state index contributed by atoms with van der Waals surface area (Å²) in [6, 6.07) is 0.397. The molecular weight excluding hydrogens is 188 g/mol. The Kier molecular flexibility index (Phi) is 3.61. The van der Waals surface area contributed by atoms with Gasteiger partial charge in [-0.1, -0.05) is 13.8 Å². The first-order valence-electron chi connectivity index (χ1n) is 5.56. The first kappa shape index (κ1) is 11.9. The van der Waals surface area contributed by atoms with Crippen LogP contribution in [0, 0.1) is 12.8 Å². The molecule has 4 heteroatoms. The molecule has 0 saturated heterocycles. The fourth-order valence-corrected chi connectivity index (χ4v) is 1.36. The number of nitrogen functional groups attached to an aromatic ring is 1. The summed E-state index contributed by atoms with van der Waals surface area (Å²) in [5, 5.41) is 7.80. The van der Waals surface area contributed by atoms with Crippen LogP contribution in [0.1, 0.15) is 33.4 Å². The zero-order chi connectivity index (χ0) is 11.6. The minimum absolute atomic E-state index is 0.397. The Balaban J connectivity index is 2.92. The summed E-state index contributed by atoms with van der Waals surface area (Å²) in [6.45, 7) is 11.4. The minimum atomic E-state index is 0.397. The molecule has 1 heterocycles. The maximum Gasteiger partial charge on any atom is 0.148 e. The molecule has 1 unspecified atom stereocenters. The van der Waals surface area contributed by atoms with Crippen LogP contribution in [-0.4, -0.2) is 15.8 Å². The molecule has 15 heavy (non-hydrogen) atoms. The van der Waals surface area contributed by atoms with Gasteiger partial charge in [0.2, 0.25) is 0 Å². The van der Waals surface area contributed by atoms with Crippen LogP contribution in [-0.2, 0) is 6.54 Å². The summed E-state index contributed by atoms with van der Waals surface area (Å²) in [5.74, 6) is 1.53. The first-order chi connectivity index (χ1) is 6.97. The highest BCUT2D eigenvalue weighted by atomic mass is 15.3. The molecule has 0 aliphatic heterocycles. The van der Waals surface area contributed by atoms with E-state index in [1.807, 2.05) is 11.6 Å². The van der Waals surface area contributed by atoms with Crippen molar-refractivity contribution in [2.45, 2.75) is 47.2 Å². The predicted molar refractivity (Wildman–Crippen MR) is 65.0 cm³/mol. The summed E-state index contributed by atoms with van der Waals surface area (Å²) in [7, 11) is 0. The normalized spacial score (nSPS) is 13.2. The largest absolute Gasteiger partial charge is 0.394 e. The van der Waals surface area contributed by atoms with Crippen LogP contribution in [0.15, 0.2) is 0 Å². The molecule has 0 fully saturated rings. The Morgan fingerprint density at radius 1 is 1.40 bits per heavy atom. The molecule has 86 valence electrons. The summed E-state index contributed by atoms with van der Waals surface area (Å²) < 4.78 is 1.92. The number of aromatic nitrogens is 2. The van der Waals surface area contributed by atoms with E-state index in [-0.39, 0.29) is 0 Å². The lowest BCUT2D eigenvalue weighted by Crippen LogP contribution is -2.23. The number of nitrogens with one attached hydrogen (secondary N) is 1. The van der Waals surface area contributed by atoms with E-state index in [4.69, 9.17) is 5.73 Å². The Labute approximate surface area is 91.8 Å². The second-order valence-electron chi connectivity index (χ2n) is 4.34. The molecule has 3 N–H and O–H groups in total. The van der Waals surface area contributed by atoms with Gasteiger partial charge in [-0.25, -0.2) is 4.68 Å². The highest BCUT2D eigenvalue weighted by Crippen LogP contribution is 2.23. The Bertz CT molecular complexity index is 328. The van der Waals surface area contributed by atoms with Crippen LogP contribution < -0.4 is 11.1 Å². The maximum atomic E-state index is 5.98. The molecule has 4 nitrogen and oxygen atoms in total. The van der Waals surface area contributed by atoms with Crippen molar-refractivity contribution in [1.29, 1.82) is 0 Å². The molecule has 1 aromatic rings. The van der Waals surface area contributed by atoms with Crippen molar-refractivity contribution in [1.82, 2.24) is 9.78 Å². The molecule has 0 spiro atoms. The number of hydrogen-bond acceptors (Lipinski definition) is 3. The fraction of sp³-hybridized carbons (Fsp3) is 0.727. The zero-order valence-electron chi connectivity index (χ0n) is 10.3. The maximum absolute atomic E-state index is 5.98. The van der Waals surface area contributed by atoms with Gasteiger partial charge in [-0.2, -0.15) is 5.10 Å². The molecular formula is C11H22N4. The smallest absolute Gasteiger partial charge is 0.148 e. The van der Waals surface area contributed by atoms with E-state index in [0.29, 0.717) is 12.0 Å². The number of rotatable bonds is 4. The van der Waals surface area contributed by atoms with E-state index in [9.17, 15) is 0 Å². The average Bonchev–Trinajstić information content (AvgIpc) is 2.45. The summed E-state index contributed by atoms with van der Waals surface area (Å²) >= 11 is 0. The SMILES string of the molecule is CCn1nc(C)c(N)c1NC(C)C(C)C. The molecule has 0 saturated carbocycles. The van der Waals surface area contributed by atoms with Crippen molar-refractivity contribution in [3.05, 3.63) is 5.69 Å². The van der Waals surface area contributed by atoms with E-state index < -0.39 is 0 Å². The quantitative estimate of drug-likeness (QED) is 0.801. The van der Waals surface area contributed by atoms with Gasteiger partial charge in [0.05, 0.1) is 11.4 Å². The summed E-state index contributed by atoms with van der Waals surface area (Å²) in [5.41, 5.74) is 7.65. The number of aryl methyl sites for hydroxylation is 2. The highest BCUT2D eigenvalue weighted by molar-refractivity contribution is 5.65. The summed E-state index contributed by atoms with van der Waals surface area (Å²) in [4.78, 5) is 0. The lowest BCUT2D eigenvalue weighted by atomic mass is 10.1. The van der Waals surface area contributed by atoms with Gasteiger partial charge in [-0.15, -0.1) is 0 Å². The van der Waals surface area contributed by atoms with E-state index in [1.165, 1.54) is 0 Å². The van der Waals surface area contributed by atoms with Crippen molar-refractivity contribution in [2.24, 2.45) is 5.92 Å². The Morgan fingerprint density at radius 3 is 2.47 bits per heavy atom. The van der Waals surface area contributed by atoms with Crippen molar-refractivity contribution < 1.29 is 0 Å². The van der Waals surface area contributed by atoms with Gasteiger partial charge in [0.15, 0.2) is 0 Å². The van der Waals surface area contributed by atoms with Crippen molar-refractivity contribution in [3.8, 4) is 0 Å². The lowest BCUT2D eigenvalue weighted by Gasteiger charge is -2.19. The molecule has 0 amide bonds. The van der Waals surface area contributed by atoms with Gasteiger partial charge in [0.1, 0.15) is 5.82 Å². The monoisotopic (exact) mass is 210 g/mol. The predicted octanol–water partition coefficient (Wildman–Crippen LogP) is 2.25. The van der Waals surface area contributed by atoms with Crippen LogP contribution in [0.5, 0.6) is 0 Å². The standard InChI is InChI=1S/C11H22N4/c1-6-15-11(10(12)9(5)14-15)13-8(4)7(2)3/h7-8,13H,6,12H2,1-5H3. The van der Waals surface area contributed by atoms with Gasteiger partial charge in [-0.05, 0) is 26.7 Å². The van der Waals surface area contributed by atoms with Gasteiger partial charge in [0, 0.05) is 12.6 Å². The third kappa shape index (κ3) is 2.43. The van der Waals surface area contributed by atoms with Crippen LogP contribution >= 0.6 is 0 Å². The van der Waals surface area contributed by atoms with E-state index in [1.54, 1.807) is 0 Å². The number of nitrogens with two attached hydrogens (primary N) is 1. The lowest BCUT2D eigenvalue weighted by molar-refractivity contribution is 0.549. The van der Waals surface area contributed by atoms with E-state index in [2.05, 4.69) is 38.1 Å². The van der Waals surface area contributed by atoms with Crippen LogP contribution in [0.3, 0.4) is 0 Å². The molecule has 1 atom stereocenters. The van der Waals surface area contributed by atoms with E-state index >= 15 is 0 Å². The summed E-state index contributed by atoms with van der Waals surface area (Å²) in [6.07, 6.45) is 0. The van der Waals surface area contributed by atoms with Gasteiger partial charge < -0.3 is 11.1 Å². The van der Waals surface area contributed by atoms with Crippen molar-refractivity contribution in [2.75, 3.05) is 11.1 Å². The van der Waals surface area contributed by atoms with Gasteiger partial charge in [0.25, 0.3) is 0 Å². The number of hydrogen-bond donors (Lipinski definition) is 2. The molecule has 0 bridgehead atoms. The van der Waals surface area contributed by atoms with Crippen LogP contribution in [0.25, 0.3) is 0 Å². The van der Waals surface area contributed by atoms with E-state index in [0.717, 1.165) is 23.7 Å². The second kappa shape index (κ2) is 4.55. The first-order valence-corrected chi connectivity index (χ1v) is 5.56. The average molecular weight is 210 g/mol. The third-order valence-corrected chi connectivity index (χ3v) is 2.84. The molecule has 0 radical (unpaired) electrons. The van der Waals surface area contributed by atoms with Crippen molar-refractivity contribution in [3.63, 3.8) is 0 Å². The number of anilines is 2. The molecule has 0 aliphatic rings. The fourth-order valence-electron chi connectivity index (χ4n) is 1.36. The Hall–Kier alpha value is -1.19. The minimum Gasteiger partial charge on any atom is -0.394 e. The van der Waals surface area contributed by atoms with Gasteiger partial charge in [-0.3, -0.25) is 0 Å². The van der Waals surface area contributed by atoms with Gasteiger partial charge >= 0.3 is 0 Å². The molecule has 0 aliphatic carbocycles. The zero-order valence-corrected chi connectivity index (χ0v) is 10.3. The highest BCUT2D eigenvalue weighted by Gasteiger charge is 2.15. The molecule has 1 aromatic heterocycles. The second-order valence-corrected chi connectivity index (χ2v) is 4.34. The third-order valence-electron chi connectivity index (χ3n) is 2.84. The Morgan fingerprint density at radius 2 is 2.00 bits per heavy atom. The van der Waals surface area contributed by atoms with Crippen LogP contribution in [0.4, 0.5) is 11.5 Å². The molecule has 0 aromatic carbocycles. The number of nitrogens with zero attached hydrogens (tertiary/aromatic N) is 2. The van der Waals surface area contributed by atoms with Crippen molar-refractivity contribution >= 4 is 11.5 Å². The molecule has 1 rings (SSSR count). The van der Waals surface area contributed by atoms with Crippen LogP contribution in [0.2, 0.25) is 0 Å².